The average molecular weight is 408 g/mol. The van der Waals surface area contributed by atoms with Crippen molar-refractivity contribution < 1.29 is 14.3 Å². The lowest BCUT2D eigenvalue weighted by molar-refractivity contribution is -0.125. The van der Waals surface area contributed by atoms with E-state index in [1.54, 1.807) is 14.0 Å². The van der Waals surface area contributed by atoms with Crippen LogP contribution in [0.2, 0.25) is 0 Å². The number of carbonyl (C=O) groups is 1. The van der Waals surface area contributed by atoms with Gasteiger partial charge in [0.1, 0.15) is 5.78 Å². The van der Waals surface area contributed by atoms with Crippen LogP contribution in [0.4, 0.5) is 0 Å². The molecule has 160 valence electrons. The fourth-order valence-corrected chi connectivity index (χ4v) is 4.99. The van der Waals surface area contributed by atoms with Crippen molar-refractivity contribution in [1.29, 1.82) is 0 Å². The summed E-state index contributed by atoms with van der Waals surface area (Å²) in [5.41, 5.74) is 4.52. The highest BCUT2D eigenvalue weighted by molar-refractivity contribution is 5.83. The summed E-state index contributed by atoms with van der Waals surface area (Å²) in [6.07, 6.45) is 6.73. The fraction of sp³-hybridized carbons (Fsp3) is 0.500. The molecular weight excluding hydrogens is 374 g/mol. The van der Waals surface area contributed by atoms with Crippen molar-refractivity contribution in [2.75, 3.05) is 20.2 Å². The summed E-state index contributed by atoms with van der Waals surface area (Å²) in [5, 5.41) is 3.37. The van der Waals surface area contributed by atoms with E-state index < -0.39 is 0 Å². The van der Waals surface area contributed by atoms with Gasteiger partial charge >= 0.3 is 0 Å². The van der Waals surface area contributed by atoms with Crippen LogP contribution in [-0.2, 0) is 11.2 Å². The number of rotatable bonds is 7. The number of Topliss-reactive ketones (excluding diaryl/α,β-unsaturated/α-hetero) is 1. The molecule has 4 nitrogen and oxygen atoms in total. The molecule has 0 amide bonds. The molecule has 1 aliphatic heterocycles. The van der Waals surface area contributed by atoms with Crippen molar-refractivity contribution in [3.63, 3.8) is 0 Å². The van der Waals surface area contributed by atoms with Crippen LogP contribution in [0.25, 0.3) is 11.1 Å². The van der Waals surface area contributed by atoms with Gasteiger partial charge in [-0.3, -0.25) is 4.79 Å². The van der Waals surface area contributed by atoms with Crippen LogP contribution < -0.4 is 14.8 Å². The molecule has 4 rings (SSSR count). The van der Waals surface area contributed by atoms with Gasteiger partial charge in [-0.25, -0.2) is 0 Å². The first-order valence-corrected chi connectivity index (χ1v) is 11.2. The second-order valence-electron chi connectivity index (χ2n) is 8.98. The van der Waals surface area contributed by atoms with Crippen LogP contribution in [0.3, 0.4) is 0 Å². The maximum absolute atomic E-state index is 12.3. The molecule has 4 heteroatoms. The van der Waals surface area contributed by atoms with Crippen LogP contribution in [0.5, 0.6) is 11.5 Å². The van der Waals surface area contributed by atoms with E-state index in [1.165, 1.54) is 29.5 Å². The van der Waals surface area contributed by atoms with Crippen LogP contribution in [0.1, 0.15) is 50.2 Å². The number of aryl methyl sites for hydroxylation is 1. The molecule has 1 atom stereocenters. The summed E-state index contributed by atoms with van der Waals surface area (Å²) in [6, 6.07) is 12.8. The van der Waals surface area contributed by atoms with E-state index >= 15 is 0 Å². The predicted octanol–water partition coefficient (Wildman–Crippen LogP) is 5.10. The van der Waals surface area contributed by atoms with Gasteiger partial charge in [-0.2, -0.15) is 0 Å². The molecule has 0 radical (unpaired) electrons. The van der Waals surface area contributed by atoms with Crippen molar-refractivity contribution in [2.45, 2.75) is 58.5 Å². The molecule has 2 aromatic carbocycles. The van der Waals surface area contributed by atoms with Crippen LogP contribution >= 0.6 is 0 Å². The van der Waals surface area contributed by atoms with Crippen molar-refractivity contribution in [3.8, 4) is 22.6 Å². The summed E-state index contributed by atoms with van der Waals surface area (Å²) in [4.78, 5) is 12.3. The Kier molecular flexibility index (Phi) is 6.14. The Bertz CT molecular complexity index is 908. The molecule has 1 N–H and O–H groups in total. The Morgan fingerprint density at radius 3 is 2.57 bits per heavy atom. The van der Waals surface area contributed by atoms with Gasteiger partial charge in [-0.05, 0) is 93.3 Å². The third-order valence-electron chi connectivity index (χ3n) is 6.89. The number of benzene rings is 2. The van der Waals surface area contributed by atoms with Gasteiger partial charge in [-0.1, -0.05) is 24.3 Å². The maximum Gasteiger partial charge on any atom is 0.162 e. The highest BCUT2D eigenvalue weighted by atomic mass is 16.5. The van der Waals surface area contributed by atoms with E-state index in [2.05, 4.69) is 42.6 Å². The van der Waals surface area contributed by atoms with Gasteiger partial charge in [0, 0.05) is 12.0 Å². The largest absolute Gasteiger partial charge is 0.493 e. The zero-order chi connectivity index (χ0) is 21.1. The minimum atomic E-state index is -0.254. The van der Waals surface area contributed by atoms with Crippen molar-refractivity contribution in [1.82, 2.24) is 5.32 Å². The Labute approximate surface area is 180 Å². The zero-order valence-corrected chi connectivity index (χ0v) is 18.4. The highest BCUT2D eigenvalue weighted by Crippen LogP contribution is 2.37. The summed E-state index contributed by atoms with van der Waals surface area (Å²) in [7, 11) is 1.69. The second-order valence-corrected chi connectivity index (χ2v) is 8.98. The van der Waals surface area contributed by atoms with Gasteiger partial charge in [-0.15, -0.1) is 0 Å². The van der Waals surface area contributed by atoms with Gasteiger partial charge in [0.2, 0.25) is 0 Å². The molecule has 0 bridgehead atoms. The third kappa shape index (κ3) is 4.24. The molecule has 1 saturated carbocycles. The minimum absolute atomic E-state index is 0.254. The summed E-state index contributed by atoms with van der Waals surface area (Å²) >= 11 is 0. The van der Waals surface area contributed by atoms with Gasteiger partial charge in [0.05, 0.1) is 13.2 Å². The lowest BCUT2D eigenvalue weighted by Crippen LogP contribution is -2.34. The summed E-state index contributed by atoms with van der Waals surface area (Å²) < 4.78 is 11.8. The summed E-state index contributed by atoms with van der Waals surface area (Å²) in [5.74, 6) is 1.91. The molecule has 1 aliphatic carbocycles. The average Bonchev–Trinajstić information content (AvgIpc) is 3.41. The second kappa shape index (κ2) is 8.81. The third-order valence-corrected chi connectivity index (χ3v) is 6.89. The number of nitrogens with one attached hydrogen (secondary N) is 1. The van der Waals surface area contributed by atoms with E-state index in [-0.39, 0.29) is 11.2 Å². The number of hydrogen-bond acceptors (Lipinski definition) is 4. The topological polar surface area (TPSA) is 47.6 Å². The van der Waals surface area contributed by atoms with Crippen LogP contribution in [-0.4, -0.2) is 32.1 Å². The molecule has 1 heterocycles. The fourth-order valence-electron chi connectivity index (χ4n) is 4.99. The first-order chi connectivity index (χ1) is 14.5. The first kappa shape index (κ1) is 20.9. The van der Waals surface area contributed by atoms with E-state index in [0.29, 0.717) is 6.10 Å². The number of ether oxygens (including phenoxy) is 2. The van der Waals surface area contributed by atoms with Crippen molar-refractivity contribution >= 4 is 5.78 Å². The van der Waals surface area contributed by atoms with Gasteiger partial charge in [0.15, 0.2) is 11.5 Å². The quantitative estimate of drug-likeness (QED) is 0.693. The Morgan fingerprint density at radius 1 is 1.13 bits per heavy atom. The van der Waals surface area contributed by atoms with Crippen LogP contribution in [0.15, 0.2) is 36.4 Å². The Balaban J connectivity index is 1.59. The maximum atomic E-state index is 12.3. The van der Waals surface area contributed by atoms with E-state index in [4.69, 9.17) is 9.47 Å². The molecule has 2 aliphatic rings. The molecule has 2 fully saturated rings. The van der Waals surface area contributed by atoms with E-state index in [9.17, 15) is 4.79 Å². The Morgan fingerprint density at radius 2 is 1.93 bits per heavy atom. The number of methoxy groups -OCH3 is 1. The van der Waals surface area contributed by atoms with Crippen LogP contribution in [0, 0.1) is 12.3 Å². The molecule has 2 aromatic rings. The minimum Gasteiger partial charge on any atom is -0.493 e. The van der Waals surface area contributed by atoms with Crippen molar-refractivity contribution in [2.24, 2.45) is 5.41 Å². The molecule has 0 spiro atoms. The van der Waals surface area contributed by atoms with E-state index in [0.717, 1.165) is 55.8 Å². The molecule has 1 saturated heterocycles. The predicted molar refractivity (Wildman–Crippen MR) is 120 cm³/mol. The highest BCUT2D eigenvalue weighted by Gasteiger charge is 2.38. The summed E-state index contributed by atoms with van der Waals surface area (Å²) in [6.45, 7) is 5.58. The molecule has 0 aromatic heterocycles. The Hall–Kier alpha value is -2.33. The number of ketones is 1. The van der Waals surface area contributed by atoms with Gasteiger partial charge in [0.25, 0.3) is 0 Å². The van der Waals surface area contributed by atoms with Crippen molar-refractivity contribution in [3.05, 3.63) is 47.5 Å². The lowest BCUT2D eigenvalue weighted by atomic mass is 9.77. The number of carbonyl (C=O) groups excluding carboxylic acids is 1. The van der Waals surface area contributed by atoms with Gasteiger partial charge < -0.3 is 14.8 Å². The molecule has 30 heavy (non-hydrogen) atoms. The zero-order valence-electron chi connectivity index (χ0n) is 18.4. The standard InChI is InChI=1S/C26H33NO3/c1-18-14-20(16-26(19(2)28)12-13-27-17-26)8-10-23(18)21-9-11-24(29-3)25(15-21)30-22-6-4-5-7-22/h8-11,14-15,22,27H,4-7,12-13,16-17H2,1-3H3/t26-/m1/s1. The smallest absolute Gasteiger partial charge is 0.162 e. The molecular formula is C26H33NO3. The molecule has 0 unspecified atom stereocenters. The first-order valence-electron chi connectivity index (χ1n) is 11.2. The normalized spacial score (nSPS) is 21.7. The van der Waals surface area contributed by atoms with E-state index in [1.807, 2.05) is 6.07 Å². The monoisotopic (exact) mass is 407 g/mol. The SMILES string of the molecule is COc1ccc(-c2ccc(C[C@]3(C(C)=O)CCNC3)cc2C)cc1OC1CCCC1. The lowest BCUT2D eigenvalue weighted by Gasteiger charge is -2.25. The number of hydrogen-bond donors (Lipinski definition) is 1.